The van der Waals surface area contributed by atoms with Crippen LogP contribution in [0.5, 0.6) is 11.5 Å². The van der Waals surface area contributed by atoms with E-state index in [1.54, 1.807) is 36.4 Å². The zero-order chi connectivity index (χ0) is 18.8. The van der Waals surface area contributed by atoms with Crippen molar-refractivity contribution in [1.29, 1.82) is 0 Å². The van der Waals surface area contributed by atoms with Crippen molar-refractivity contribution in [2.24, 2.45) is 0 Å². The molecule has 3 aromatic rings. The summed E-state index contributed by atoms with van der Waals surface area (Å²) in [5.74, 6) is -0.645. The van der Waals surface area contributed by atoms with Gasteiger partial charge in [0.15, 0.2) is 0 Å². The van der Waals surface area contributed by atoms with E-state index in [9.17, 15) is 8.78 Å². The first-order valence-corrected chi connectivity index (χ1v) is 8.37. The minimum Gasteiger partial charge on any atom is -0.496 e. The minimum atomic E-state index is -0.709. The molecule has 0 aromatic heterocycles. The number of hydrogen-bond acceptors (Lipinski definition) is 2. The van der Waals surface area contributed by atoms with E-state index in [1.807, 2.05) is 0 Å². The molecule has 3 rings (SSSR count). The zero-order valence-electron chi connectivity index (χ0n) is 13.9. The second-order valence-corrected chi connectivity index (χ2v) is 6.37. The predicted molar refractivity (Wildman–Crippen MR) is 100 cm³/mol. The van der Waals surface area contributed by atoms with Crippen LogP contribution in [0.3, 0.4) is 0 Å². The Labute approximate surface area is 159 Å². The summed E-state index contributed by atoms with van der Waals surface area (Å²) in [4.78, 5) is 0. The Morgan fingerprint density at radius 3 is 1.42 bits per heavy atom. The van der Waals surface area contributed by atoms with Gasteiger partial charge in [0.25, 0.3) is 0 Å². The highest BCUT2D eigenvalue weighted by molar-refractivity contribution is 6.31. The molecule has 0 aliphatic carbocycles. The van der Waals surface area contributed by atoms with Crippen LogP contribution in [0.2, 0.25) is 10.0 Å². The third-order valence-electron chi connectivity index (χ3n) is 3.96. The lowest BCUT2D eigenvalue weighted by atomic mass is 9.97. The molecule has 134 valence electrons. The van der Waals surface area contributed by atoms with Gasteiger partial charge in [-0.2, -0.15) is 0 Å². The molecule has 0 heterocycles. The van der Waals surface area contributed by atoms with Gasteiger partial charge in [-0.25, -0.2) is 8.78 Å². The number of hydrogen-bond donors (Lipinski definition) is 0. The van der Waals surface area contributed by atoms with Crippen molar-refractivity contribution in [2.45, 2.75) is 0 Å². The Hall–Kier alpha value is -2.30. The lowest BCUT2D eigenvalue weighted by Gasteiger charge is -2.14. The molecular formula is C20H14Cl2F2O2. The van der Waals surface area contributed by atoms with E-state index in [1.165, 1.54) is 20.3 Å². The van der Waals surface area contributed by atoms with Crippen molar-refractivity contribution in [2.75, 3.05) is 14.2 Å². The molecule has 26 heavy (non-hydrogen) atoms. The van der Waals surface area contributed by atoms with Crippen LogP contribution in [0.1, 0.15) is 0 Å². The lowest BCUT2D eigenvalue weighted by molar-refractivity contribution is 0.416. The van der Waals surface area contributed by atoms with Crippen molar-refractivity contribution < 1.29 is 18.3 Å². The topological polar surface area (TPSA) is 18.5 Å². The van der Waals surface area contributed by atoms with Crippen LogP contribution in [-0.4, -0.2) is 14.2 Å². The van der Waals surface area contributed by atoms with Crippen molar-refractivity contribution in [1.82, 2.24) is 0 Å². The quantitative estimate of drug-likeness (QED) is 0.494. The molecule has 0 saturated carbocycles. The normalized spacial score (nSPS) is 10.7. The molecule has 0 aliphatic heterocycles. The molecule has 2 nitrogen and oxygen atoms in total. The van der Waals surface area contributed by atoms with Crippen LogP contribution >= 0.6 is 23.2 Å². The summed E-state index contributed by atoms with van der Waals surface area (Å²) in [6, 6.07) is 11.9. The predicted octanol–water partition coefficient (Wildman–Crippen LogP) is 6.62. The van der Waals surface area contributed by atoms with Crippen LogP contribution in [-0.2, 0) is 0 Å². The first-order chi connectivity index (χ1) is 12.4. The van der Waals surface area contributed by atoms with E-state index in [-0.39, 0.29) is 11.1 Å². The molecule has 0 radical (unpaired) electrons. The van der Waals surface area contributed by atoms with Gasteiger partial charge in [-0.3, -0.25) is 0 Å². The van der Waals surface area contributed by atoms with Gasteiger partial charge < -0.3 is 9.47 Å². The van der Waals surface area contributed by atoms with E-state index < -0.39 is 11.6 Å². The minimum absolute atomic E-state index is 0.187. The number of benzene rings is 3. The summed E-state index contributed by atoms with van der Waals surface area (Å²) in [7, 11) is 2.92. The van der Waals surface area contributed by atoms with Gasteiger partial charge in [0.05, 0.1) is 14.2 Å². The van der Waals surface area contributed by atoms with Gasteiger partial charge in [-0.1, -0.05) is 23.2 Å². The van der Waals surface area contributed by atoms with Crippen LogP contribution in [0.25, 0.3) is 22.3 Å². The van der Waals surface area contributed by atoms with Crippen LogP contribution in [0.4, 0.5) is 8.78 Å². The molecule has 0 aliphatic rings. The smallest absolute Gasteiger partial charge is 0.134 e. The maximum atomic E-state index is 14.5. The Morgan fingerprint density at radius 2 is 1.04 bits per heavy atom. The molecule has 0 atom stereocenters. The summed E-state index contributed by atoms with van der Waals surface area (Å²) in [6.07, 6.45) is 0. The maximum absolute atomic E-state index is 14.5. The molecule has 0 fully saturated rings. The molecular weight excluding hydrogens is 381 g/mol. The molecule has 0 amide bonds. The Bertz CT molecular complexity index is 900. The highest BCUT2D eigenvalue weighted by Crippen LogP contribution is 2.40. The van der Waals surface area contributed by atoms with Crippen molar-refractivity contribution in [3.05, 3.63) is 70.2 Å². The van der Waals surface area contributed by atoms with Crippen molar-refractivity contribution >= 4 is 23.2 Å². The SMILES string of the molecule is COc1cc(Cl)ccc1-c1cc(-c2ccc(Cl)cc2OC)c(F)cc1F. The van der Waals surface area contributed by atoms with E-state index >= 15 is 0 Å². The van der Waals surface area contributed by atoms with Crippen LogP contribution in [0, 0.1) is 11.6 Å². The van der Waals surface area contributed by atoms with E-state index in [2.05, 4.69) is 0 Å². The zero-order valence-corrected chi connectivity index (χ0v) is 15.5. The van der Waals surface area contributed by atoms with Gasteiger partial charge in [0, 0.05) is 38.4 Å². The summed E-state index contributed by atoms with van der Waals surface area (Å²) in [6.45, 7) is 0. The summed E-state index contributed by atoms with van der Waals surface area (Å²) >= 11 is 11.9. The highest BCUT2D eigenvalue weighted by atomic mass is 35.5. The summed E-state index contributed by atoms with van der Waals surface area (Å²) < 4.78 is 39.6. The molecule has 0 saturated heterocycles. The highest BCUT2D eigenvalue weighted by Gasteiger charge is 2.18. The average molecular weight is 395 g/mol. The van der Waals surface area contributed by atoms with Gasteiger partial charge in [-0.05, 0) is 42.5 Å². The van der Waals surface area contributed by atoms with Gasteiger partial charge >= 0.3 is 0 Å². The Balaban J connectivity index is 2.24. The first kappa shape index (κ1) is 18.5. The van der Waals surface area contributed by atoms with Crippen molar-refractivity contribution in [3.8, 4) is 33.8 Å². The Kier molecular flexibility index (Phi) is 5.35. The van der Waals surface area contributed by atoms with Crippen LogP contribution in [0.15, 0.2) is 48.5 Å². The fourth-order valence-electron chi connectivity index (χ4n) is 2.74. The van der Waals surface area contributed by atoms with E-state index in [0.717, 1.165) is 6.07 Å². The summed E-state index contributed by atoms with van der Waals surface area (Å²) in [5, 5.41) is 0.903. The summed E-state index contributed by atoms with van der Waals surface area (Å²) in [5.41, 5.74) is 1.30. The van der Waals surface area contributed by atoms with Gasteiger partial charge in [-0.15, -0.1) is 0 Å². The molecule has 0 unspecified atom stereocenters. The molecule has 6 heteroatoms. The molecule has 0 bridgehead atoms. The first-order valence-electron chi connectivity index (χ1n) is 7.61. The largest absolute Gasteiger partial charge is 0.496 e. The standard InChI is InChI=1S/C20H14Cl2F2O2/c1-25-19-7-11(21)3-5-13(19)15-9-16(18(24)10-17(15)23)14-6-4-12(22)8-20(14)26-2/h3-10H,1-2H3. The second kappa shape index (κ2) is 7.52. The van der Waals surface area contributed by atoms with Crippen LogP contribution < -0.4 is 9.47 Å². The fourth-order valence-corrected chi connectivity index (χ4v) is 3.06. The average Bonchev–Trinajstić information content (AvgIpc) is 2.62. The van der Waals surface area contributed by atoms with Gasteiger partial charge in [0.2, 0.25) is 0 Å². The van der Waals surface area contributed by atoms with Gasteiger partial charge in [0.1, 0.15) is 23.1 Å². The molecule has 3 aromatic carbocycles. The number of rotatable bonds is 4. The number of halogens is 4. The number of ether oxygens (including phenoxy) is 2. The number of methoxy groups -OCH3 is 2. The third-order valence-corrected chi connectivity index (χ3v) is 4.43. The van der Waals surface area contributed by atoms with Crippen molar-refractivity contribution in [3.63, 3.8) is 0 Å². The third kappa shape index (κ3) is 3.48. The Morgan fingerprint density at radius 1 is 0.615 bits per heavy atom. The van der Waals surface area contributed by atoms with E-state index in [4.69, 9.17) is 32.7 Å². The molecule has 0 N–H and O–H groups in total. The monoisotopic (exact) mass is 394 g/mol. The maximum Gasteiger partial charge on any atom is 0.134 e. The molecule has 0 spiro atoms. The van der Waals surface area contributed by atoms with E-state index in [0.29, 0.717) is 32.7 Å². The second-order valence-electron chi connectivity index (χ2n) is 5.50. The lowest BCUT2D eigenvalue weighted by Crippen LogP contribution is -1.96. The fraction of sp³-hybridized carbons (Fsp3) is 0.100.